The van der Waals surface area contributed by atoms with Gasteiger partial charge in [-0.1, -0.05) is 6.07 Å². The van der Waals surface area contributed by atoms with Gasteiger partial charge in [0.2, 0.25) is 10.0 Å². The fraction of sp³-hybridized carbons (Fsp3) is 0.471. The number of H-pyrrole nitrogens is 1. The molecule has 2 aromatic rings. The Kier molecular flexibility index (Phi) is 3.65. The molecule has 1 atom stereocenters. The Hall–Kier alpha value is -1.86. The molecule has 0 radical (unpaired) electrons. The molecule has 1 aliphatic carbocycles. The number of carboxylic acid groups (broad SMARTS) is 1. The zero-order valence-electron chi connectivity index (χ0n) is 13.2. The first-order valence-corrected chi connectivity index (χ1v) is 9.80. The molecule has 6 nitrogen and oxygen atoms in total. The number of sulfonamides is 1. The number of nitrogens with one attached hydrogen (secondary N) is 1. The van der Waals surface area contributed by atoms with Crippen molar-refractivity contribution in [3.05, 3.63) is 35.5 Å². The van der Waals surface area contributed by atoms with E-state index in [1.807, 2.05) is 18.2 Å². The SMILES string of the molecule is O=C(O)c1cc2cc(C3CCCN(S(=O)(=O)C4CC4)C3)ccc2[nH]1. The third kappa shape index (κ3) is 2.71. The van der Waals surface area contributed by atoms with Crippen molar-refractivity contribution in [1.82, 2.24) is 9.29 Å². The second-order valence-electron chi connectivity index (χ2n) is 6.78. The van der Waals surface area contributed by atoms with E-state index in [1.165, 1.54) is 0 Å². The lowest BCUT2D eigenvalue weighted by Crippen LogP contribution is -2.40. The maximum atomic E-state index is 12.5. The lowest BCUT2D eigenvalue weighted by atomic mass is 9.91. The van der Waals surface area contributed by atoms with E-state index in [0.29, 0.717) is 13.1 Å². The topological polar surface area (TPSA) is 90.5 Å². The predicted octanol–water partition coefficient (Wildman–Crippen LogP) is 2.54. The number of carbonyl (C=O) groups is 1. The fourth-order valence-corrected chi connectivity index (χ4v) is 5.47. The highest BCUT2D eigenvalue weighted by molar-refractivity contribution is 7.90. The van der Waals surface area contributed by atoms with Crippen molar-refractivity contribution in [3.8, 4) is 0 Å². The summed E-state index contributed by atoms with van der Waals surface area (Å²) in [6.07, 6.45) is 3.40. The summed E-state index contributed by atoms with van der Waals surface area (Å²) in [5.74, 6) is -0.813. The van der Waals surface area contributed by atoms with Gasteiger partial charge in [0.1, 0.15) is 5.69 Å². The average molecular weight is 348 g/mol. The minimum atomic E-state index is -3.13. The van der Waals surface area contributed by atoms with Crippen molar-refractivity contribution in [2.75, 3.05) is 13.1 Å². The molecule has 2 fully saturated rings. The lowest BCUT2D eigenvalue weighted by Gasteiger charge is -2.32. The summed E-state index contributed by atoms with van der Waals surface area (Å²) in [5.41, 5.74) is 2.03. The highest BCUT2D eigenvalue weighted by Gasteiger charge is 2.41. The molecule has 0 bridgehead atoms. The molecule has 4 rings (SSSR count). The Balaban J connectivity index is 1.60. The zero-order chi connectivity index (χ0) is 16.9. The Morgan fingerprint density at radius 1 is 1.21 bits per heavy atom. The summed E-state index contributed by atoms with van der Waals surface area (Å²) >= 11 is 0. The van der Waals surface area contributed by atoms with E-state index in [1.54, 1.807) is 10.4 Å². The van der Waals surface area contributed by atoms with E-state index in [-0.39, 0.29) is 16.9 Å². The molecule has 128 valence electrons. The number of piperidine rings is 1. The van der Waals surface area contributed by atoms with Crippen molar-refractivity contribution >= 4 is 26.9 Å². The van der Waals surface area contributed by atoms with Crippen LogP contribution in [0.4, 0.5) is 0 Å². The van der Waals surface area contributed by atoms with Crippen LogP contribution in [-0.4, -0.2) is 47.1 Å². The summed E-state index contributed by atoms with van der Waals surface area (Å²) in [5, 5.41) is 9.77. The van der Waals surface area contributed by atoms with Crippen molar-refractivity contribution < 1.29 is 18.3 Å². The summed E-state index contributed by atoms with van der Waals surface area (Å²) in [4.78, 5) is 14.0. The number of carboxylic acids is 1. The number of hydrogen-bond acceptors (Lipinski definition) is 3. The van der Waals surface area contributed by atoms with E-state index < -0.39 is 16.0 Å². The highest BCUT2D eigenvalue weighted by Crippen LogP contribution is 2.36. The lowest BCUT2D eigenvalue weighted by molar-refractivity contribution is 0.0691. The molecule has 7 heteroatoms. The van der Waals surface area contributed by atoms with Crippen LogP contribution in [0, 0.1) is 0 Å². The van der Waals surface area contributed by atoms with Gasteiger partial charge in [-0.05, 0) is 55.4 Å². The van der Waals surface area contributed by atoms with Crippen molar-refractivity contribution in [2.24, 2.45) is 0 Å². The van der Waals surface area contributed by atoms with Crippen LogP contribution in [0.15, 0.2) is 24.3 Å². The zero-order valence-corrected chi connectivity index (χ0v) is 14.1. The Morgan fingerprint density at radius 3 is 2.71 bits per heavy atom. The first kappa shape index (κ1) is 15.7. The summed E-state index contributed by atoms with van der Waals surface area (Å²) < 4.78 is 26.6. The van der Waals surface area contributed by atoms with Gasteiger partial charge in [0, 0.05) is 24.0 Å². The second-order valence-corrected chi connectivity index (χ2v) is 8.99. The number of benzene rings is 1. The van der Waals surface area contributed by atoms with Gasteiger partial charge in [0.05, 0.1) is 5.25 Å². The van der Waals surface area contributed by atoms with Crippen LogP contribution in [0.25, 0.3) is 10.9 Å². The van der Waals surface area contributed by atoms with Crippen LogP contribution < -0.4 is 0 Å². The van der Waals surface area contributed by atoms with Crippen LogP contribution in [0.2, 0.25) is 0 Å². The number of aromatic nitrogens is 1. The van der Waals surface area contributed by atoms with Gasteiger partial charge >= 0.3 is 5.97 Å². The largest absolute Gasteiger partial charge is 0.477 e. The molecule has 0 amide bonds. The normalized spacial score (nSPS) is 22.8. The fourth-order valence-electron chi connectivity index (χ4n) is 3.54. The third-order valence-electron chi connectivity index (χ3n) is 5.04. The molecule has 1 saturated heterocycles. The van der Waals surface area contributed by atoms with Gasteiger partial charge in [-0.2, -0.15) is 0 Å². The number of nitrogens with zero attached hydrogens (tertiary/aromatic N) is 1. The molecule has 1 aliphatic heterocycles. The molecular weight excluding hydrogens is 328 g/mol. The quantitative estimate of drug-likeness (QED) is 0.888. The number of hydrogen-bond donors (Lipinski definition) is 2. The van der Waals surface area contributed by atoms with Crippen LogP contribution in [-0.2, 0) is 10.0 Å². The molecule has 24 heavy (non-hydrogen) atoms. The minimum absolute atomic E-state index is 0.165. The molecule has 0 spiro atoms. The van der Waals surface area contributed by atoms with Gasteiger partial charge in [-0.3, -0.25) is 0 Å². The standard InChI is InChI=1S/C17H20N2O4S/c20-17(21)16-9-13-8-11(3-6-15(13)18-16)12-2-1-7-19(10-12)24(22,23)14-4-5-14/h3,6,8-9,12,14,18H,1-2,4-5,7,10H2,(H,20,21). The van der Waals surface area contributed by atoms with Crippen molar-refractivity contribution in [3.63, 3.8) is 0 Å². The number of aromatic amines is 1. The smallest absolute Gasteiger partial charge is 0.352 e. The first-order valence-electron chi connectivity index (χ1n) is 8.30. The molecule has 1 unspecified atom stereocenters. The predicted molar refractivity (Wildman–Crippen MR) is 90.7 cm³/mol. The summed E-state index contributed by atoms with van der Waals surface area (Å²) in [6.45, 7) is 1.14. The minimum Gasteiger partial charge on any atom is -0.477 e. The van der Waals surface area contributed by atoms with E-state index in [2.05, 4.69) is 4.98 Å². The summed E-state index contributed by atoms with van der Waals surface area (Å²) in [7, 11) is -3.13. The van der Waals surface area contributed by atoms with Crippen molar-refractivity contribution in [1.29, 1.82) is 0 Å². The van der Waals surface area contributed by atoms with E-state index >= 15 is 0 Å². The van der Waals surface area contributed by atoms with Crippen LogP contribution in [0.5, 0.6) is 0 Å². The second kappa shape index (κ2) is 5.60. The average Bonchev–Trinajstić information content (AvgIpc) is 3.34. The van der Waals surface area contributed by atoms with Crippen LogP contribution >= 0.6 is 0 Å². The molecule has 1 saturated carbocycles. The Bertz CT molecular complexity index is 898. The maximum absolute atomic E-state index is 12.5. The Morgan fingerprint density at radius 2 is 2.00 bits per heavy atom. The van der Waals surface area contributed by atoms with Crippen molar-refractivity contribution in [2.45, 2.75) is 36.9 Å². The van der Waals surface area contributed by atoms with Gasteiger partial charge < -0.3 is 10.1 Å². The third-order valence-corrected chi connectivity index (χ3v) is 7.40. The number of aromatic carboxylic acids is 1. The maximum Gasteiger partial charge on any atom is 0.352 e. The highest BCUT2D eigenvalue weighted by atomic mass is 32.2. The molecular formula is C17H20N2O4S. The number of rotatable bonds is 4. The monoisotopic (exact) mass is 348 g/mol. The van der Waals surface area contributed by atoms with E-state index in [0.717, 1.165) is 42.1 Å². The summed E-state index contributed by atoms with van der Waals surface area (Å²) in [6, 6.07) is 7.46. The van der Waals surface area contributed by atoms with Crippen LogP contribution in [0.3, 0.4) is 0 Å². The van der Waals surface area contributed by atoms with E-state index in [4.69, 9.17) is 5.11 Å². The van der Waals surface area contributed by atoms with Gasteiger partial charge in [-0.25, -0.2) is 17.5 Å². The van der Waals surface area contributed by atoms with E-state index in [9.17, 15) is 13.2 Å². The van der Waals surface area contributed by atoms with Crippen LogP contribution in [0.1, 0.15) is 47.7 Å². The molecule has 2 N–H and O–H groups in total. The Labute approximate surface area is 140 Å². The first-order chi connectivity index (χ1) is 11.4. The van der Waals surface area contributed by atoms with Gasteiger partial charge in [0.15, 0.2) is 0 Å². The molecule has 2 aliphatic rings. The van der Waals surface area contributed by atoms with Gasteiger partial charge in [-0.15, -0.1) is 0 Å². The molecule has 1 aromatic carbocycles. The molecule has 1 aromatic heterocycles. The molecule has 2 heterocycles. The number of fused-ring (bicyclic) bond motifs is 1. The van der Waals surface area contributed by atoms with Gasteiger partial charge in [0.25, 0.3) is 0 Å².